The Morgan fingerprint density at radius 3 is 2.38 bits per heavy atom. The van der Waals surface area contributed by atoms with Crippen molar-refractivity contribution in [3.05, 3.63) is 59.2 Å². The molecule has 0 amide bonds. The maximum atomic E-state index is 5.34. The Morgan fingerprint density at radius 1 is 1.00 bits per heavy atom. The Hall–Kier alpha value is -1.96. The lowest BCUT2D eigenvalue weighted by molar-refractivity contribution is 0.354. The lowest BCUT2D eigenvalue weighted by Crippen LogP contribution is -2.38. The molecule has 0 fully saturated rings. The molecule has 0 saturated heterocycles. The number of aliphatic imine (C=N–C) groups is 1. The minimum atomic E-state index is 0. The van der Waals surface area contributed by atoms with Gasteiger partial charge in [-0.2, -0.15) is 0 Å². The molecule has 0 aliphatic carbocycles. The quantitative estimate of drug-likeness (QED) is 0.370. The summed E-state index contributed by atoms with van der Waals surface area (Å²) >= 11 is 0. The van der Waals surface area contributed by atoms with E-state index in [0.717, 1.165) is 37.0 Å². The molecule has 5 nitrogen and oxygen atoms in total. The second-order valence-electron chi connectivity index (χ2n) is 5.72. The van der Waals surface area contributed by atoms with E-state index in [0.29, 0.717) is 0 Å². The van der Waals surface area contributed by atoms with Crippen LogP contribution < -0.4 is 20.1 Å². The molecule has 0 saturated carbocycles. The molecule has 0 unspecified atom stereocenters. The van der Waals surface area contributed by atoms with Crippen LogP contribution in [-0.2, 0) is 13.0 Å². The second-order valence-corrected chi connectivity index (χ2v) is 5.72. The first-order valence-electron chi connectivity index (χ1n) is 8.38. The predicted molar refractivity (Wildman–Crippen MR) is 118 cm³/mol. The molecule has 0 aliphatic heterocycles. The van der Waals surface area contributed by atoms with Crippen LogP contribution in [-0.4, -0.2) is 33.8 Å². The summed E-state index contributed by atoms with van der Waals surface area (Å²) in [5.74, 6) is 2.29. The van der Waals surface area contributed by atoms with Gasteiger partial charge < -0.3 is 20.1 Å². The largest absolute Gasteiger partial charge is 0.493 e. The average molecular weight is 469 g/mol. The number of aryl methyl sites for hydroxylation is 1. The summed E-state index contributed by atoms with van der Waals surface area (Å²) in [5, 5.41) is 6.69. The fourth-order valence-electron chi connectivity index (χ4n) is 2.57. The van der Waals surface area contributed by atoms with Gasteiger partial charge in [0.1, 0.15) is 0 Å². The molecule has 2 N–H and O–H groups in total. The Balaban J connectivity index is 0.00000338. The van der Waals surface area contributed by atoms with Crippen LogP contribution in [0.25, 0.3) is 0 Å². The van der Waals surface area contributed by atoms with Crippen LogP contribution in [0.4, 0.5) is 0 Å². The van der Waals surface area contributed by atoms with E-state index in [1.165, 1.54) is 16.7 Å². The zero-order chi connectivity index (χ0) is 18.1. The van der Waals surface area contributed by atoms with Gasteiger partial charge in [0.05, 0.1) is 14.2 Å². The third kappa shape index (κ3) is 6.40. The van der Waals surface area contributed by atoms with Gasteiger partial charge >= 0.3 is 0 Å². The highest BCUT2D eigenvalue weighted by molar-refractivity contribution is 14.0. The van der Waals surface area contributed by atoms with Gasteiger partial charge in [-0.25, -0.2) is 0 Å². The number of ether oxygens (including phenoxy) is 2. The number of methoxy groups -OCH3 is 2. The van der Waals surface area contributed by atoms with Gasteiger partial charge in [0, 0.05) is 20.1 Å². The molecule has 2 rings (SSSR count). The summed E-state index contributed by atoms with van der Waals surface area (Å²) in [6.45, 7) is 3.65. The van der Waals surface area contributed by atoms with Crippen LogP contribution in [0.2, 0.25) is 0 Å². The number of nitrogens with zero attached hydrogens (tertiary/aromatic N) is 1. The van der Waals surface area contributed by atoms with Gasteiger partial charge in [-0.15, -0.1) is 24.0 Å². The van der Waals surface area contributed by atoms with Crippen LogP contribution in [0.1, 0.15) is 16.7 Å². The first-order valence-corrected chi connectivity index (χ1v) is 8.38. The van der Waals surface area contributed by atoms with Gasteiger partial charge in [0.2, 0.25) is 0 Å². The van der Waals surface area contributed by atoms with E-state index in [-0.39, 0.29) is 24.0 Å². The molecule has 0 spiro atoms. The van der Waals surface area contributed by atoms with Crippen molar-refractivity contribution in [2.75, 3.05) is 27.8 Å². The number of guanidine groups is 1. The van der Waals surface area contributed by atoms with E-state index in [2.05, 4.69) is 46.8 Å². The van der Waals surface area contributed by atoms with Crippen LogP contribution in [0.3, 0.4) is 0 Å². The zero-order valence-electron chi connectivity index (χ0n) is 15.8. The summed E-state index contributed by atoms with van der Waals surface area (Å²) < 4.78 is 10.6. The van der Waals surface area contributed by atoms with Crippen molar-refractivity contribution in [3.63, 3.8) is 0 Å². The summed E-state index contributed by atoms with van der Waals surface area (Å²) in [6, 6.07) is 14.3. The van der Waals surface area contributed by atoms with Gasteiger partial charge in [0.15, 0.2) is 17.5 Å². The number of halogens is 1. The SMILES string of the molecule is CN=C(NCCc1ccc(OC)c(OC)c1)NCc1ccccc1C.I. The highest BCUT2D eigenvalue weighted by atomic mass is 127. The smallest absolute Gasteiger partial charge is 0.191 e. The van der Waals surface area contributed by atoms with E-state index in [1.54, 1.807) is 21.3 Å². The number of hydrogen-bond acceptors (Lipinski definition) is 3. The molecule has 0 radical (unpaired) electrons. The van der Waals surface area contributed by atoms with E-state index >= 15 is 0 Å². The standard InChI is InChI=1S/C20H27N3O2.HI/c1-15-7-5-6-8-17(15)14-23-20(21-2)22-12-11-16-9-10-18(24-3)19(13-16)25-4;/h5-10,13H,11-12,14H2,1-4H3,(H2,21,22,23);1H. The minimum Gasteiger partial charge on any atom is -0.493 e. The third-order valence-corrected chi connectivity index (χ3v) is 4.09. The van der Waals surface area contributed by atoms with Crippen LogP contribution in [0, 0.1) is 6.92 Å². The minimum absolute atomic E-state index is 0. The van der Waals surface area contributed by atoms with Crippen molar-refractivity contribution >= 4 is 29.9 Å². The number of nitrogens with one attached hydrogen (secondary N) is 2. The van der Waals surface area contributed by atoms with E-state index in [4.69, 9.17) is 9.47 Å². The topological polar surface area (TPSA) is 54.9 Å². The van der Waals surface area contributed by atoms with Crippen molar-refractivity contribution in [2.45, 2.75) is 19.9 Å². The van der Waals surface area contributed by atoms with Crippen molar-refractivity contribution < 1.29 is 9.47 Å². The van der Waals surface area contributed by atoms with Gasteiger partial charge in [0.25, 0.3) is 0 Å². The molecule has 26 heavy (non-hydrogen) atoms. The van der Waals surface area contributed by atoms with Crippen molar-refractivity contribution in [1.82, 2.24) is 10.6 Å². The molecular formula is C20H28IN3O2. The third-order valence-electron chi connectivity index (χ3n) is 4.09. The fraction of sp³-hybridized carbons (Fsp3) is 0.350. The fourth-order valence-corrected chi connectivity index (χ4v) is 2.57. The second kappa shape index (κ2) is 11.6. The molecule has 0 atom stereocenters. The van der Waals surface area contributed by atoms with Crippen LogP contribution >= 0.6 is 24.0 Å². The summed E-state index contributed by atoms with van der Waals surface area (Å²) in [6.07, 6.45) is 0.866. The highest BCUT2D eigenvalue weighted by Crippen LogP contribution is 2.27. The first-order chi connectivity index (χ1) is 12.2. The number of rotatable bonds is 7. The molecule has 0 bridgehead atoms. The summed E-state index contributed by atoms with van der Waals surface area (Å²) in [7, 11) is 5.07. The predicted octanol–water partition coefficient (Wildman–Crippen LogP) is 3.54. The maximum Gasteiger partial charge on any atom is 0.191 e. The lowest BCUT2D eigenvalue weighted by atomic mass is 10.1. The van der Waals surface area contributed by atoms with Gasteiger partial charge in [-0.3, -0.25) is 4.99 Å². The molecule has 2 aromatic rings. The monoisotopic (exact) mass is 469 g/mol. The molecule has 142 valence electrons. The van der Waals surface area contributed by atoms with Crippen molar-refractivity contribution in [1.29, 1.82) is 0 Å². The average Bonchev–Trinajstić information content (AvgIpc) is 2.65. The summed E-state index contributed by atoms with van der Waals surface area (Å²) in [5.41, 5.74) is 3.72. The molecular weight excluding hydrogens is 441 g/mol. The van der Waals surface area contributed by atoms with E-state index < -0.39 is 0 Å². The Morgan fingerprint density at radius 2 is 1.73 bits per heavy atom. The van der Waals surface area contributed by atoms with E-state index in [9.17, 15) is 0 Å². The van der Waals surface area contributed by atoms with Crippen LogP contribution in [0.15, 0.2) is 47.5 Å². The highest BCUT2D eigenvalue weighted by Gasteiger charge is 2.05. The number of hydrogen-bond donors (Lipinski definition) is 2. The van der Waals surface area contributed by atoms with Crippen LogP contribution in [0.5, 0.6) is 11.5 Å². The Labute approximate surface area is 173 Å². The van der Waals surface area contributed by atoms with Crippen molar-refractivity contribution in [3.8, 4) is 11.5 Å². The molecule has 0 heterocycles. The summed E-state index contributed by atoms with van der Waals surface area (Å²) in [4.78, 5) is 4.27. The zero-order valence-corrected chi connectivity index (χ0v) is 18.2. The van der Waals surface area contributed by atoms with E-state index in [1.807, 2.05) is 18.2 Å². The number of benzene rings is 2. The molecule has 0 aromatic heterocycles. The molecule has 2 aromatic carbocycles. The molecule has 6 heteroatoms. The molecule has 0 aliphatic rings. The normalized spacial score (nSPS) is 10.7. The van der Waals surface area contributed by atoms with Gasteiger partial charge in [-0.1, -0.05) is 30.3 Å². The Kier molecular flexibility index (Phi) is 9.87. The Bertz CT molecular complexity index is 720. The maximum absolute atomic E-state index is 5.34. The first kappa shape index (κ1) is 22.1. The van der Waals surface area contributed by atoms with Crippen molar-refractivity contribution in [2.24, 2.45) is 4.99 Å². The lowest BCUT2D eigenvalue weighted by Gasteiger charge is -2.14. The van der Waals surface area contributed by atoms with Gasteiger partial charge in [-0.05, 0) is 42.2 Å².